The predicted octanol–water partition coefficient (Wildman–Crippen LogP) is 4.35. The van der Waals surface area contributed by atoms with Crippen molar-refractivity contribution in [1.82, 2.24) is 14.5 Å². The fraction of sp³-hybridized carbons (Fsp3) is 0.440. The van der Waals surface area contributed by atoms with Crippen LogP contribution < -0.4 is 10.1 Å². The lowest BCUT2D eigenvalue weighted by Crippen LogP contribution is -2.55. The number of imidazole rings is 1. The Morgan fingerprint density at radius 3 is 2.45 bits per heavy atom. The number of ether oxygens (including phenoxy) is 1. The molecule has 33 heavy (non-hydrogen) atoms. The molecule has 2 aromatic carbocycles. The number of aromatic nitrogens is 2. The maximum atomic E-state index is 12.2. The van der Waals surface area contributed by atoms with Crippen LogP contribution in [0, 0.1) is 5.21 Å². The molecule has 8 heteroatoms. The highest BCUT2D eigenvalue weighted by molar-refractivity contribution is 7.80. The second kappa shape index (κ2) is 8.93. The Hall–Kier alpha value is -2.68. The molecule has 4 rings (SSSR count). The number of nitrogens with zero attached hydrogens (tertiary/aromatic N) is 4. The number of hydroxylamine groups is 3. The first kappa shape index (κ1) is 23.5. The van der Waals surface area contributed by atoms with Crippen LogP contribution in [0.15, 0.2) is 42.5 Å². The molecule has 0 saturated carbocycles. The number of likely N-dealkylation sites (N-methyl/N-ethyl adjacent to an activating group) is 1. The van der Waals surface area contributed by atoms with E-state index >= 15 is 0 Å². The van der Waals surface area contributed by atoms with Crippen LogP contribution in [0.2, 0.25) is 0 Å². The molecule has 0 radical (unpaired) electrons. The number of hydrogen-bond donors (Lipinski definition) is 1. The summed E-state index contributed by atoms with van der Waals surface area (Å²) < 4.78 is 7.74. The normalized spacial score (nSPS) is 16.1. The Bertz CT molecular complexity index is 1140. The summed E-state index contributed by atoms with van der Waals surface area (Å²) >= 11 is 5.69. The number of hydrogen-bond acceptors (Lipinski definition) is 4. The van der Waals surface area contributed by atoms with Gasteiger partial charge >= 0.3 is 0 Å². The molecular formula is C25H33N5O2S. The minimum atomic E-state index is -0.220. The Kier molecular flexibility index (Phi) is 6.35. The van der Waals surface area contributed by atoms with Crippen molar-refractivity contribution < 1.29 is 9.38 Å². The first-order valence-corrected chi connectivity index (χ1v) is 11.7. The number of methoxy groups -OCH3 is 1. The third kappa shape index (κ3) is 5.13. The van der Waals surface area contributed by atoms with Crippen molar-refractivity contribution in [1.29, 1.82) is 0 Å². The third-order valence-electron chi connectivity index (χ3n) is 6.14. The van der Waals surface area contributed by atoms with E-state index in [1.807, 2.05) is 12.1 Å². The van der Waals surface area contributed by atoms with Crippen molar-refractivity contribution in [2.24, 2.45) is 0 Å². The zero-order valence-electron chi connectivity index (χ0n) is 20.1. The van der Waals surface area contributed by atoms with Crippen LogP contribution in [0.25, 0.3) is 11.0 Å². The van der Waals surface area contributed by atoms with Crippen molar-refractivity contribution in [2.75, 3.05) is 45.7 Å². The molecule has 1 aliphatic rings. The van der Waals surface area contributed by atoms with Crippen LogP contribution in [-0.4, -0.2) is 64.5 Å². The number of benzene rings is 2. The van der Waals surface area contributed by atoms with Gasteiger partial charge in [-0.2, -0.15) is 0 Å². The minimum absolute atomic E-state index is 0.124. The van der Waals surface area contributed by atoms with Crippen LogP contribution in [0.4, 0.5) is 5.69 Å². The van der Waals surface area contributed by atoms with E-state index in [4.69, 9.17) is 21.9 Å². The molecule has 2 heterocycles. The van der Waals surface area contributed by atoms with Gasteiger partial charge in [0.15, 0.2) is 5.11 Å². The summed E-state index contributed by atoms with van der Waals surface area (Å²) in [5.41, 5.74) is 3.81. The van der Waals surface area contributed by atoms with Gasteiger partial charge in [-0.1, -0.05) is 51.1 Å². The summed E-state index contributed by atoms with van der Waals surface area (Å²) in [6, 6.07) is 14.5. The fourth-order valence-electron chi connectivity index (χ4n) is 4.20. The molecule has 1 fully saturated rings. The van der Waals surface area contributed by atoms with Crippen molar-refractivity contribution >= 4 is 34.1 Å². The zero-order valence-corrected chi connectivity index (χ0v) is 20.9. The molecule has 1 aliphatic heterocycles. The number of quaternary nitrogens is 1. The standard InChI is InChI=1S/C25H33N5O2S/c1-25(2,3)23-26-19-16-22(32-5)20(27-24(33)28-11-13-30(4,31)14-12-28)15-21(19)29(23)17-18-9-7-6-8-10-18/h6-10,15-16H,11-14,17H2,1-5H3,(H,27,33). The molecule has 0 spiro atoms. The molecule has 1 saturated heterocycles. The van der Waals surface area contributed by atoms with Crippen LogP contribution >= 0.6 is 12.2 Å². The number of nitrogens with one attached hydrogen (secondary N) is 1. The first-order chi connectivity index (χ1) is 15.6. The molecule has 3 aromatic rings. The molecule has 0 amide bonds. The van der Waals surface area contributed by atoms with E-state index in [2.05, 4.69) is 65.9 Å². The average Bonchev–Trinajstić information content (AvgIpc) is 3.11. The highest BCUT2D eigenvalue weighted by atomic mass is 32.1. The van der Waals surface area contributed by atoms with Gasteiger partial charge in [0.25, 0.3) is 0 Å². The monoisotopic (exact) mass is 467 g/mol. The van der Waals surface area contributed by atoms with E-state index in [9.17, 15) is 5.21 Å². The average molecular weight is 468 g/mol. The predicted molar refractivity (Wildman–Crippen MR) is 138 cm³/mol. The lowest BCUT2D eigenvalue weighted by Gasteiger charge is -2.45. The molecule has 0 atom stereocenters. The summed E-state index contributed by atoms with van der Waals surface area (Å²) in [6.07, 6.45) is 0. The molecule has 1 N–H and O–H groups in total. The fourth-order valence-corrected chi connectivity index (χ4v) is 4.50. The maximum Gasteiger partial charge on any atom is 0.173 e. The van der Waals surface area contributed by atoms with Crippen LogP contribution in [0.1, 0.15) is 32.2 Å². The van der Waals surface area contributed by atoms with E-state index in [-0.39, 0.29) is 10.1 Å². The molecule has 176 valence electrons. The second-order valence-corrected chi connectivity index (χ2v) is 10.3. The molecule has 0 unspecified atom stereocenters. The Balaban J connectivity index is 1.71. The van der Waals surface area contributed by atoms with E-state index in [1.54, 1.807) is 14.2 Å². The van der Waals surface area contributed by atoms with Gasteiger partial charge in [0.05, 0.1) is 57.1 Å². The van der Waals surface area contributed by atoms with Gasteiger partial charge < -0.3 is 29.4 Å². The highest BCUT2D eigenvalue weighted by Gasteiger charge is 2.26. The first-order valence-electron chi connectivity index (χ1n) is 11.3. The van der Waals surface area contributed by atoms with Gasteiger partial charge in [0, 0.05) is 18.0 Å². The van der Waals surface area contributed by atoms with Crippen molar-refractivity contribution in [3.63, 3.8) is 0 Å². The second-order valence-electron chi connectivity index (χ2n) is 9.96. The van der Waals surface area contributed by atoms with Crippen molar-refractivity contribution in [3.8, 4) is 5.75 Å². The Morgan fingerprint density at radius 2 is 1.85 bits per heavy atom. The van der Waals surface area contributed by atoms with Gasteiger partial charge in [-0.05, 0) is 23.8 Å². The number of piperazine rings is 1. The lowest BCUT2D eigenvalue weighted by atomic mass is 9.95. The summed E-state index contributed by atoms with van der Waals surface area (Å²) in [6.45, 7) is 9.59. The van der Waals surface area contributed by atoms with Gasteiger partial charge in [0.2, 0.25) is 0 Å². The number of anilines is 1. The van der Waals surface area contributed by atoms with Crippen LogP contribution in [0.5, 0.6) is 5.75 Å². The van der Waals surface area contributed by atoms with Crippen LogP contribution in [0.3, 0.4) is 0 Å². The summed E-state index contributed by atoms with van der Waals surface area (Å²) in [4.78, 5) is 7.04. The number of thiocarbonyl (C=S) groups is 1. The topological polar surface area (TPSA) is 65.4 Å². The number of rotatable bonds is 4. The van der Waals surface area contributed by atoms with Crippen molar-refractivity contribution in [3.05, 3.63) is 59.1 Å². The van der Waals surface area contributed by atoms with Gasteiger partial charge in [-0.25, -0.2) is 4.98 Å². The SMILES string of the molecule is COc1cc2nc(C(C)(C)C)n(Cc3ccccc3)c2cc1NC(=S)N1CC[N+](C)([O-])CC1. The minimum Gasteiger partial charge on any atom is -0.633 e. The molecule has 0 bridgehead atoms. The summed E-state index contributed by atoms with van der Waals surface area (Å²) in [5, 5.41) is 16.2. The van der Waals surface area contributed by atoms with Crippen LogP contribution in [-0.2, 0) is 12.0 Å². The number of fused-ring (bicyclic) bond motifs is 1. The lowest BCUT2D eigenvalue weighted by molar-refractivity contribution is -0.864. The van der Waals surface area contributed by atoms with Gasteiger partial charge in [-0.15, -0.1) is 0 Å². The quantitative estimate of drug-likeness (QED) is 0.350. The molecule has 7 nitrogen and oxygen atoms in total. The molecule has 1 aromatic heterocycles. The van der Waals surface area contributed by atoms with Crippen molar-refractivity contribution in [2.45, 2.75) is 32.7 Å². The van der Waals surface area contributed by atoms with Gasteiger partial charge in [0.1, 0.15) is 11.6 Å². The third-order valence-corrected chi connectivity index (χ3v) is 6.50. The highest BCUT2D eigenvalue weighted by Crippen LogP contribution is 2.34. The maximum absolute atomic E-state index is 12.2. The van der Waals surface area contributed by atoms with E-state index in [0.29, 0.717) is 37.0 Å². The van der Waals surface area contributed by atoms with Gasteiger partial charge in [-0.3, -0.25) is 0 Å². The van der Waals surface area contributed by atoms with E-state index in [1.165, 1.54) is 5.56 Å². The summed E-state index contributed by atoms with van der Waals surface area (Å²) in [7, 11) is 3.37. The van der Waals surface area contributed by atoms with E-state index < -0.39 is 0 Å². The smallest absolute Gasteiger partial charge is 0.173 e. The summed E-state index contributed by atoms with van der Waals surface area (Å²) in [5.74, 6) is 1.71. The largest absolute Gasteiger partial charge is 0.633 e. The van der Waals surface area contributed by atoms with E-state index in [0.717, 1.165) is 29.1 Å². The Morgan fingerprint density at radius 1 is 1.18 bits per heavy atom. The molecule has 0 aliphatic carbocycles. The molecular weight excluding hydrogens is 434 g/mol. The zero-order chi connectivity index (χ0) is 23.8. The Labute approximate surface area is 201 Å².